The number of rotatable bonds is 5. The van der Waals surface area contributed by atoms with Gasteiger partial charge in [-0.3, -0.25) is 10.1 Å². The Morgan fingerprint density at radius 1 is 1.56 bits per heavy atom. The van der Waals surface area contributed by atoms with Crippen LogP contribution in [0.25, 0.3) is 0 Å². The minimum Gasteiger partial charge on any atom is -0.377 e. The maximum absolute atomic E-state index is 11.0. The van der Waals surface area contributed by atoms with E-state index in [-0.39, 0.29) is 11.7 Å². The Balaban J connectivity index is 2.05. The van der Waals surface area contributed by atoms with Gasteiger partial charge in [0, 0.05) is 17.1 Å². The molecule has 4 nitrogen and oxygen atoms in total. The summed E-state index contributed by atoms with van der Waals surface area (Å²) in [7, 11) is 0. The van der Waals surface area contributed by atoms with E-state index < -0.39 is 4.92 Å². The average molecular weight is 269 g/mol. The van der Waals surface area contributed by atoms with Gasteiger partial charge in [0.2, 0.25) is 0 Å². The number of anilines is 1. The summed E-state index contributed by atoms with van der Waals surface area (Å²) in [6.45, 7) is 2.07. The van der Waals surface area contributed by atoms with Crippen molar-refractivity contribution in [3.63, 3.8) is 0 Å². The topological polar surface area (TPSA) is 55.2 Å². The van der Waals surface area contributed by atoms with Crippen molar-refractivity contribution in [2.75, 3.05) is 5.32 Å². The van der Waals surface area contributed by atoms with Crippen LogP contribution in [-0.2, 0) is 0 Å². The van der Waals surface area contributed by atoms with Crippen LogP contribution in [0.1, 0.15) is 32.6 Å². The molecular weight excluding hydrogens is 252 g/mol. The molecule has 1 fully saturated rings. The summed E-state index contributed by atoms with van der Waals surface area (Å²) in [6.07, 6.45) is 4.96. The smallest absolute Gasteiger partial charge is 0.293 e. The van der Waals surface area contributed by atoms with Gasteiger partial charge in [0.1, 0.15) is 5.69 Å². The number of nitro groups is 1. The van der Waals surface area contributed by atoms with Crippen LogP contribution in [0.5, 0.6) is 0 Å². The number of hydrogen-bond donors (Lipinski definition) is 1. The van der Waals surface area contributed by atoms with E-state index in [9.17, 15) is 10.1 Å². The van der Waals surface area contributed by atoms with Crippen LogP contribution in [0.3, 0.4) is 0 Å². The standard InChI is InChI=1S/C13H17ClN2O2/c1-9(7-10-3-2-4-10)15-12-6-5-11(14)8-13(12)16(17)18/h5-6,8-10,15H,2-4,7H2,1H3. The van der Waals surface area contributed by atoms with E-state index in [1.807, 2.05) is 0 Å². The molecule has 0 aliphatic heterocycles. The van der Waals surface area contributed by atoms with Gasteiger partial charge in [-0.15, -0.1) is 0 Å². The highest BCUT2D eigenvalue weighted by molar-refractivity contribution is 6.30. The van der Waals surface area contributed by atoms with Gasteiger partial charge in [0.25, 0.3) is 5.69 Å². The van der Waals surface area contributed by atoms with Gasteiger partial charge in [-0.05, 0) is 31.4 Å². The second-order valence-electron chi connectivity index (χ2n) is 5.00. The normalized spacial score (nSPS) is 17.0. The van der Waals surface area contributed by atoms with E-state index in [1.54, 1.807) is 12.1 Å². The third-order valence-corrected chi connectivity index (χ3v) is 3.71. The molecule has 0 heterocycles. The molecule has 18 heavy (non-hydrogen) atoms. The number of nitro benzene ring substituents is 1. The molecule has 1 saturated carbocycles. The molecule has 1 aromatic rings. The third-order valence-electron chi connectivity index (χ3n) is 3.47. The lowest BCUT2D eigenvalue weighted by Crippen LogP contribution is -2.23. The van der Waals surface area contributed by atoms with Crippen LogP contribution in [0, 0.1) is 16.0 Å². The number of halogens is 1. The molecule has 0 saturated heterocycles. The first-order valence-electron chi connectivity index (χ1n) is 6.26. The van der Waals surface area contributed by atoms with Crippen LogP contribution in [-0.4, -0.2) is 11.0 Å². The Labute approximate surface area is 111 Å². The summed E-state index contributed by atoms with van der Waals surface area (Å²) in [4.78, 5) is 10.6. The molecule has 0 radical (unpaired) electrons. The summed E-state index contributed by atoms with van der Waals surface area (Å²) in [5, 5.41) is 14.6. The molecule has 1 atom stereocenters. The predicted molar refractivity (Wildman–Crippen MR) is 73.1 cm³/mol. The van der Waals surface area contributed by atoms with E-state index in [0.29, 0.717) is 10.7 Å². The Bertz CT molecular complexity index is 447. The minimum absolute atomic E-state index is 0.0444. The molecule has 0 spiro atoms. The zero-order valence-corrected chi connectivity index (χ0v) is 11.1. The van der Waals surface area contributed by atoms with Crippen molar-refractivity contribution in [2.24, 2.45) is 5.92 Å². The highest BCUT2D eigenvalue weighted by Gasteiger charge is 2.21. The summed E-state index contributed by atoms with van der Waals surface area (Å²) in [5.41, 5.74) is 0.596. The second kappa shape index (κ2) is 5.57. The molecule has 1 aromatic carbocycles. The fraction of sp³-hybridized carbons (Fsp3) is 0.538. The van der Waals surface area contributed by atoms with Crippen molar-refractivity contribution in [1.82, 2.24) is 0 Å². The summed E-state index contributed by atoms with van der Waals surface area (Å²) in [6, 6.07) is 4.99. The van der Waals surface area contributed by atoms with Gasteiger partial charge in [0.15, 0.2) is 0 Å². The van der Waals surface area contributed by atoms with Crippen LogP contribution in [0.4, 0.5) is 11.4 Å². The maximum atomic E-state index is 11.0. The fourth-order valence-electron chi connectivity index (χ4n) is 2.33. The van der Waals surface area contributed by atoms with E-state index in [4.69, 9.17) is 11.6 Å². The highest BCUT2D eigenvalue weighted by Crippen LogP contribution is 2.33. The molecule has 98 valence electrons. The lowest BCUT2D eigenvalue weighted by Gasteiger charge is -2.28. The monoisotopic (exact) mass is 268 g/mol. The highest BCUT2D eigenvalue weighted by atomic mass is 35.5. The van der Waals surface area contributed by atoms with Gasteiger partial charge in [0.05, 0.1) is 4.92 Å². The lowest BCUT2D eigenvalue weighted by molar-refractivity contribution is -0.384. The molecule has 1 unspecified atom stereocenters. The molecule has 1 aliphatic rings. The first kappa shape index (κ1) is 13.1. The molecule has 0 amide bonds. The second-order valence-corrected chi connectivity index (χ2v) is 5.43. The van der Waals surface area contributed by atoms with Crippen molar-refractivity contribution < 1.29 is 4.92 Å². The third kappa shape index (κ3) is 3.13. The maximum Gasteiger partial charge on any atom is 0.293 e. The molecule has 1 N–H and O–H groups in total. The summed E-state index contributed by atoms with van der Waals surface area (Å²) in [5.74, 6) is 0.777. The molecule has 5 heteroatoms. The van der Waals surface area contributed by atoms with Crippen LogP contribution in [0.2, 0.25) is 5.02 Å². The van der Waals surface area contributed by atoms with Gasteiger partial charge < -0.3 is 5.32 Å². The largest absolute Gasteiger partial charge is 0.377 e. The zero-order valence-electron chi connectivity index (χ0n) is 10.4. The SMILES string of the molecule is CC(CC1CCC1)Nc1ccc(Cl)cc1[N+](=O)[O-]. The van der Waals surface area contributed by atoms with Gasteiger partial charge in [-0.2, -0.15) is 0 Å². The Kier molecular flexibility index (Phi) is 4.07. The first-order chi connectivity index (χ1) is 8.56. The van der Waals surface area contributed by atoms with E-state index in [1.165, 1.54) is 25.3 Å². The van der Waals surface area contributed by atoms with Crippen LogP contribution < -0.4 is 5.32 Å². The average Bonchev–Trinajstić information content (AvgIpc) is 2.26. The van der Waals surface area contributed by atoms with E-state index in [0.717, 1.165) is 12.3 Å². The minimum atomic E-state index is -0.399. The van der Waals surface area contributed by atoms with Gasteiger partial charge >= 0.3 is 0 Å². The lowest BCUT2D eigenvalue weighted by atomic mass is 9.81. The molecule has 0 bridgehead atoms. The number of nitrogens with zero attached hydrogens (tertiary/aromatic N) is 1. The summed E-state index contributed by atoms with van der Waals surface area (Å²) < 4.78 is 0. The molecule has 2 rings (SSSR count). The van der Waals surface area contributed by atoms with Gasteiger partial charge in [-0.1, -0.05) is 30.9 Å². The molecule has 1 aliphatic carbocycles. The number of nitrogens with one attached hydrogen (secondary N) is 1. The molecular formula is C13H17ClN2O2. The quantitative estimate of drug-likeness (QED) is 0.642. The van der Waals surface area contributed by atoms with Crippen molar-refractivity contribution in [3.05, 3.63) is 33.3 Å². The zero-order chi connectivity index (χ0) is 13.1. The van der Waals surface area contributed by atoms with E-state index in [2.05, 4.69) is 12.2 Å². The van der Waals surface area contributed by atoms with Crippen molar-refractivity contribution >= 4 is 23.0 Å². The fourth-order valence-corrected chi connectivity index (χ4v) is 2.50. The Hall–Kier alpha value is -1.29. The molecule has 0 aromatic heterocycles. The Morgan fingerprint density at radius 3 is 2.83 bits per heavy atom. The van der Waals surface area contributed by atoms with Crippen LogP contribution >= 0.6 is 11.6 Å². The number of hydrogen-bond acceptors (Lipinski definition) is 3. The Morgan fingerprint density at radius 2 is 2.28 bits per heavy atom. The summed E-state index contributed by atoms with van der Waals surface area (Å²) >= 11 is 5.78. The van der Waals surface area contributed by atoms with Crippen molar-refractivity contribution in [2.45, 2.75) is 38.6 Å². The predicted octanol–water partition coefficient (Wildman–Crippen LogP) is 4.24. The van der Waals surface area contributed by atoms with E-state index >= 15 is 0 Å². The van der Waals surface area contributed by atoms with Crippen molar-refractivity contribution in [1.29, 1.82) is 0 Å². The first-order valence-corrected chi connectivity index (χ1v) is 6.64. The van der Waals surface area contributed by atoms with Crippen LogP contribution in [0.15, 0.2) is 18.2 Å². The number of benzene rings is 1. The van der Waals surface area contributed by atoms with Crippen molar-refractivity contribution in [3.8, 4) is 0 Å². The van der Waals surface area contributed by atoms with Gasteiger partial charge in [-0.25, -0.2) is 0 Å².